The predicted molar refractivity (Wildman–Crippen MR) is 121 cm³/mol. The first-order valence-electron chi connectivity index (χ1n) is 10.1. The fraction of sp³-hybridized carbons (Fsp3) is 0.318. The first kappa shape index (κ1) is 21.3. The Labute approximate surface area is 175 Å². The lowest BCUT2D eigenvalue weighted by atomic mass is 10.1. The monoisotopic (exact) mass is 407 g/mol. The van der Waals surface area contributed by atoms with E-state index in [0.717, 1.165) is 35.3 Å². The number of hydrogen-bond acceptors (Lipinski definition) is 4. The molecule has 0 aliphatic rings. The summed E-state index contributed by atoms with van der Waals surface area (Å²) in [5, 5.41) is 14.3. The first-order valence-corrected chi connectivity index (χ1v) is 10.1. The van der Waals surface area contributed by atoms with E-state index in [2.05, 4.69) is 41.0 Å². The smallest absolute Gasteiger partial charge is 0.354 e. The summed E-state index contributed by atoms with van der Waals surface area (Å²) in [7, 11) is 0. The molecule has 2 heterocycles. The van der Waals surface area contributed by atoms with Gasteiger partial charge in [-0.05, 0) is 42.6 Å². The first-order chi connectivity index (χ1) is 14.4. The molecule has 1 atom stereocenters. The second kappa shape index (κ2) is 9.41. The molecule has 0 saturated heterocycles. The molecule has 0 radical (unpaired) electrons. The Kier molecular flexibility index (Phi) is 6.68. The molecule has 3 aromatic rings. The predicted octanol–water partition coefficient (Wildman–Crippen LogP) is 2.53. The summed E-state index contributed by atoms with van der Waals surface area (Å²) in [4.78, 5) is 19.9. The second-order valence-electron chi connectivity index (χ2n) is 7.53. The maximum atomic E-state index is 12.5. The largest absolute Gasteiger partial charge is 0.370 e. The normalized spacial score (nSPS) is 12.2. The zero-order chi connectivity index (χ0) is 21.7. The molecular formula is C22H29N7O. The Hall–Kier alpha value is -3.39. The average Bonchev–Trinajstić information content (AvgIpc) is 3.13. The third-order valence-electron chi connectivity index (χ3n) is 4.95. The van der Waals surface area contributed by atoms with Crippen molar-refractivity contribution in [3.05, 3.63) is 70.9 Å². The number of aromatic amines is 1. The van der Waals surface area contributed by atoms with Crippen LogP contribution in [0.4, 0.5) is 0 Å². The van der Waals surface area contributed by atoms with Crippen molar-refractivity contribution in [1.82, 2.24) is 25.2 Å². The van der Waals surface area contributed by atoms with Gasteiger partial charge in [-0.15, -0.1) is 6.58 Å². The topological polar surface area (TPSA) is 125 Å². The molecule has 1 aromatic carbocycles. The van der Waals surface area contributed by atoms with Crippen LogP contribution >= 0.6 is 0 Å². The van der Waals surface area contributed by atoms with Crippen LogP contribution in [-0.4, -0.2) is 33.6 Å². The number of aromatic nitrogens is 3. The summed E-state index contributed by atoms with van der Waals surface area (Å²) < 4.78 is 1.56. The van der Waals surface area contributed by atoms with Crippen LogP contribution in [0.2, 0.25) is 0 Å². The number of nitrogens with one attached hydrogen (secondary N) is 4. The lowest BCUT2D eigenvalue weighted by molar-refractivity contribution is 0.591. The van der Waals surface area contributed by atoms with Crippen LogP contribution in [0.1, 0.15) is 43.5 Å². The number of hydrogen-bond donors (Lipinski definition) is 5. The summed E-state index contributed by atoms with van der Waals surface area (Å²) in [6.45, 7) is 9.50. The van der Waals surface area contributed by atoms with Crippen LogP contribution in [0.15, 0.2) is 54.0 Å². The molecule has 6 N–H and O–H groups in total. The minimum Gasteiger partial charge on any atom is -0.370 e. The Morgan fingerprint density at radius 3 is 2.70 bits per heavy atom. The van der Waals surface area contributed by atoms with Crippen molar-refractivity contribution < 1.29 is 0 Å². The lowest BCUT2D eigenvalue weighted by Crippen LogP contribution is -2.32. The highest BCUT2D eigenvalue weighted by Crippen LogP contribution is 2.20. The van der Waals surface area contributed by atoms with Gasteiger partial charge in [-0.3, -0.25) is 9.98 Å². The van der Waals surface area contributed by atoms with E-state index in [4.69, 9.17) is 11.1 Å². The number of benzene rings is 1. The zero-order valence-electron chi connectivity index (χ0n) is 17.4. The second-order valence-corrected chi connectivity index (χ2v) is 7.53. The Morgan fingerprint density at radius 2 is 2.07 bits per heavy atom. The number of rotatable bonds is 9. The van der Waals surface area contributed by atoms with Crippen LogP contribution < -0.4 is 22.1 Å². The van der Waals surface area contributed by atoms with E-state index in [1.165, 1.54) is 0 Å². The van der Waals surface area contributed by atoms with Gasteiger partial charge in [0.15, 0.2) is 5.96 Å². The highest BCUT2D eigenvalue weighted by atomic mass is 16.1. The molecule has 2 aromatic heterocycles. The molecule has 158 valence electrons. The van der Waals surface area contributed by atoms with E-state index in [1.807, 2.05) is 42.6 Å². The average molecular weight is 408 g/mol. The summed E-state index contributed by atoms with van der Waals surface area (Å²) in [5.41, 5.74) is 8.45. The van der Waals surface area contributed by atoms with Crippen LogP contribution in [0, 0.1) is 5.41 Å². The van der Waals surface area contributed by atoms with Gasteiger partial charge in [0.05, 0.1) is 11.7 Å². The maximum Gasteiger partial charge on any atom is 0.354 e. The van der Waals surface area contributed by atoms with Gasteiger partial charge < -0.3 is 21.4 Å². The molecule has 0 aliphatic carbocycles. The molecule has 8 heteroatoms. The van der Waals surface area contributed by atoms with Gasteiger partial charge in [0.2, 0.25) is 0 Å². The van der Waals surface area contributed by atoms with E-state index >= 15 is 0 Å². The van der Waals surface area contributed by atoms with Gasteiger partial charge in [-0.25, -0.2) is 4.79 Å². The van der Waals surface area contributed by atoms with E-state index in [1.54, 1.807) is 4.57 Å². The highest BCUT2D eigenvalue weighted by molar-refractivity contribution is 5.76. The molecule has 0 amide bonds. The van der Waals surface area contributed by atoms with E-state index in [9.17, 15) is 4.79 Å². The molecule has 0 fully saturated rings. The van der Waals surface area contributed by atoms with Crippen LogP contribution in [0.5, 0.6) is 0 Å². The van der Waals surface area contributed by atoms with Crippen molar-refractivity contribution in [3.8, 4) is 5.69 Å². The molecule has 0 saturated carbocycles. The van der Waals surface area contributed by atoms with Gasteiger partial charge in [0.1, 0.15) is 5.65 Å². The van der Waals surface area contributed by atoms with Crippen LogP contribution in [0.3, 0.4) is 0 Å². The Balaban J connectivity index is 1.74. The fourth-order valence-electron chi connectivity index (χ4n) is 3.26. The van der Waals surface area contributed by atoms with Crippen molar-refractivity contribution in [2.75, 3.05) is 13.1 Å². The van der Waals surface area contributed by atoms with E-state index in [0.29, 0.717) is 18.1 Å². The number of nitrogens with zero attached hydrogens (tertiary/aromatic N) is 2. The van der Waals surface area contributed by atoms with Crippen molar-refractivity contribution in [3.63, 3.8) is 0 Å². The highest BCUT2D eigenvalue weighted by Gasteiger charge is 2.11. The standard InChI is InChI=1S/C22H29N7O/c1-4-18(25-10-5-11-26-21(23)24)15-6-8-17(9-7-15)29-13-16-12-19(14(2)3)27-20(16)28-22(29)30/h4,6-9,12-14,18,25H,1,5,10-11H2,2-3H3,(H4,23,24,26)(H,27,28,30)/t18-/m1/s1. The molecule has 30 heavy (non-hydrogen) atoms. The third kappa shape index (κ3) is 4.96. The minimum absolute atomic E-state index is 0.00743. The van der Waals surface area contributed by atoms with Gasteiger partial charge in [0.25, 0.3) is 0 Å². The summed E-state index contributed by atoms with van der Waals surface area (Å²) in [5.74, 6) is 0.317. The number of nitrogens with two attached hydrogens (primary N) is 1. The van der Waals surface area contributed by atoms with E-state index in [-0.39, 0.29) is 17.7 Å². The molecule has 0 spiro atoms. The molecule has 0 bridgehead atoms. The fourth-order valence-corrected chi connectivity index (χ4v) is 3.26. The van der Waals surface area contributed by atoms with Gasteiger partial charge in [0, 0.05) is 23.8 Å². The Bertz CT molecular complexity index is 1080. The van der Waals surface area contributed by atoms with Gasteiger partial charge in [-0.1, -0.05) is 32.1 Å². The molecule has 0 unspecified atom stereocenters. The lowest BCUT2D eigenvalue weighted by Gasteiger charge is -2.16. The van der Waals surface area contributed by atoms with Crippen LogP contribution in [0.25, 0.3) is 16.7 Å². The van der Waals surface area contributed by atoms with Crippen molar-refractivity contribution in [1.29, 1.82) is 5.41 Å². The number of fused-ring (bicyclic) bond motifs is 1. The van der Waals surface area contributed by atoms with Crippen molar-refractivity contribution in [2.24, 2.45) is 5.73 Å². The quantitative estimate of drug-likeness (QED) is 0.161. The molecule has 8 nitrogen and oxygen atoms in total. The minimum atomic E-state index is -0.316. The zero-order valence-corrected chi connectivity index (χ0v) is 17.4. The third-order valence-corrected chi connectivity index (χ3v) is 4.95. The summed E-state index contributed by atoms with van der Waals surface area (Å²) in [6.07, 6.45) is 4.51. The van der Waals surface area contributed by atoms with E-state index < -0.39 is 0 Å². The number of guanidine groups is 1. The van der Waals surface area contributed by atoms with Crippen molar-refractivity contribution in [2.45, 2.75) is 32.2 Å². The molecular weight excluding hydrogens is 378 g/mol. The van der Waals surface area contributed by atoms with Crippen molar-refractivity contribution >= 4 is 17.0 Å². The number of H-pyrrole nitrogens is 1. The SMILES string of the molecule is C=C[C@@H](NCCCNC(=N)N)c1ccc(-n2cc3cc(C(C)C)[nH]c3nc2=O)cc1. The maximum absolute atomic E-state index is 12.5. The molecule has 0 aliphatic heterocycles. The van der Waals surface area contributed by atoms with Gasteiger partial charge >= 0.3 is 5.69 Å². The van der Waals surface area contributed by atoms with Crippen LogP contribution in [-0.2, 0) is 0 Å². The summed E-state index contributed by atoms with van der Waals surface area (Å²) >= 11 is 0. The summed E-state index contributed by atoms with van der Waals surface area (Å²) in [6, 6.07) is 9.82. The molecule has 3 rings (SSSR count). The Morgan fingerprint density at radius 1 is 1.33 bits per heavy atom. The van der Waals surface area contributed by atoms with Gasteiger partial charge in [-0.2, -0.15) is 4.98 Å².